The molecule has 0 N–H and O–H groups in total. The minimum absolute atomic E-state index is 0.111. The van der Waals surface area contributed by atoms with E-state index in [1.807, 2.05) is 0 Å². The lowest BCUT2D eigenvalue weighted by Crippen LogP contribution is -2.08. The third kappa shape index (κ3) is 8.80. The van der Waals surface area contributed by atoms with Crippen LogP contribution in [0.3, 0.4) is 0 Å². The Morgan fingerprint density at radius 3 is 1.96 bits per heavy atom. The Kier molecular flexibility index (Phi) is 10.9. The van der Waals surface area contributed by atoms with Gasteiger partial charge in [-0.15, -0.1) is 0 Å². The number of carbonyl (C=O) groups excluding carboxylic acids is 2. The van der Waals surface area contributed by atoms with E-state index in [2.05, 4.69) is 0 Å². The lowest BCUT2D eigenvalue weighted by molar-refractivity contribution is -0.143. The topological polar surface area (TPSA) is 52.6 Å². The van der Waals surface area contributed by atoms with Crippen molar-refractivity contribution in [1.82, 2.24) is 0 Å². The summed E-state index contributed by atoms with van der Waals surface area (Å²) in [5.74, 6) is -0.406. The number of rotatable bonds is 11. The van der Waals surface area contributed by atoms with Gasteiger partial charge in [-0.1, -0.05) is 60.5 Å². The van der Waals surface area contributed by atoms with Gasteiger partial charge < -0.3 is 9.47 Å². The highest BCUT2D eigenvalue weighted by Gasteiger charge is 2.14. The van der Waals surface area contributed by atoms with E-state index in [4.69, 9.17) is 44.3 Å². The highest BCUT2D eigenvalue weighted by atomic mass is 35.5. The lowest BCUT2D eigenvalue weighted by atomic mass is 10.1. The van der Waals surface area contributed by atoms with Crippen LogP contribution in [0.5, 0.6) is 5.75 Å². The van der Waals surface area contributed by atoms with Crippen molar-refractivity contribution in [1.29, 1.82) is 0 Å². The van der Waals surface area contributed by atoms with Crippen LogP contribution in [0.1, 0.15) is 58.3 Å². The fourth-order valence-corrected chi connectivity index (χ4v) is 2.84. The Balaban J connectivity index is 2.14. The van der Waals surface area contributed by atoms with E-state index in [1.165, 1.54) is 6.07 Å². The SMILES string of the molecule is CCOC(=O)CCCCCCCCC(=O)Oc1c(Cl)ccc(Cl)c1Cl. The van der Waals surface area contributed by atoms with Gasteiger partial charge in [0, 0.05) is 12.8 Å². The summed E-state index contributed by atoms with van der Waals surface area (Å²) in [5.41, 5.74) is 0. The second-order valence-corrected chi connectivity index (χ2v) is 6.77. The Labute approximate surface area is 163 Å². The highest BCUT2D eigenvalue weighted by Crippen LogP contribution is 2.38. The fraction of sp³-hybridized carbons (Fsp3) is 0.556. The minimum atomic E-state index is -0.381. The summed E-state index contributed by atoms with van der Waals surface area (Å²) in [6, 6.07) is 3.08. The van der Waals surface area contributed by atoms with E-state index < -0.39 is 0 Å². The summed E-state index contributed by atoms with van der Waals surface area (Å²) in [4.78, 5) is 23.0. The predicted octanol–water partition coefficient (Wildman–Crippen LogP) is 6.24. The Hall–Kier alpha value is -0.970. The molecule has 0 amide bonds. The summed E-state index contributed by atoms with van der Waals surface area (Å²) < 4.78 is 10.1. The van der Waals surface area contributed by atoms with Crippen molar-refractivity contribution in [2.24, 2.45) is 0 Å². The molecule has 0 aliphatic carbocycles. The average Bonchev–Trinajstić information content (AvgIpc) is 2.58. The van der Waals surface area contributed by atoms with Gasteiger partial charge >= 0.3 is 11.9 Å². The van der Waals surface area contributed by atoms with Gasteiger partial charge in [-0.2, -0.15) is 0 Å². The molecule has 25 heavy (non-hydrogen) atoms. The molecule has 0 fully saturated rings. The van der Waals surface area contributed by atoms with Crippen LogP contribution in [0.25, 0.3) is 0 Å². The first-order valence-electron chi connectivity index (χ1n) is 8.45. The van der Waals surface area contributed by atoms with E-state index in [-0.39, 0.29) is 32.8 Å². The molecule has 140 valence electrons. The van der Waals surface area contributed by atoms with E-state index in [0.29, 0.717) is 19.4 Å². The second-order valence-electron chi connectivity index (χ2n) is 5.57. The average molecular weight is 410 g/mol. The second kappa shape index (κ2) is 12.4. The quantitative estimate of drug-likeness (QED) is 0.188. The third-order valence-corrected chi connectivity index (χ3v) is 4.62. The number of hydrogen-bond acceptors (Lipinski definition) is 4. The van der Waals surface area contributed by atoms with E-state index >= 15 is 0 Å². The van der Waals surface area contributed by atoms with Gasteiger partial charge in [0.1, 0.15) is 5.02 Å². The molecular formula is C18H23Cl3O4. The van der Waals surface area contributed by atoms with Crippen LogP contribution in [0.15, 0.2) is 12.1 Å². The molecule has 0 spiro atoms. The van der Waals surface area contributed by atoms with Crippen LogP contribution in [-0.4, -0.2) is 18.5 Å². The zero-order valence-electron chi connectivity index (χ0n) is 14.3. The number of hydrogen-bond donors (Lipinski definition) is 0. The minimum Gasteiger partial charge on any atom is -0.466 e. The molecule has 0 saturated heterocycles. The number of benzene rings is 1. The van der Waals surface area contributed by atoms with Gasteiger partial charge in [-0.3, -0.25) is 9.59 Å². The Morgan fingerprint density at radius 1 is 0.840 bits per heavy atom. The van der Waals surface area contributed by atoms with Crippen LogP contribution in [0.4, 0.5) is 0 Å². The first-order chi connectivity index (χ1) is 12.0. The number of unbranched alkanes of at least 4 members (excludes halogenated alkanes) is 5. The van der Waals surface area contributed by atoms with Gasteiger partial charge in [0.05, 0.1) is 16.7 Å². The standard InChI is InChI=1S/C18H23Cl3O4/c1-2-24-15(22)9-7-5-3-4-6-8-10-16(23)25-18-14(20)12-11-13(19)17(18)21/h11-12H,2-10H2,1H3. The van der Waals surface area contributed by atoms with Gasteiger partial charge in [0.25, 0.3) is 0 Å². The van der Waals surface area contributed by atoms with Crippen molar-refractivity contribution < 1.29 is 19.1 Å². The predicted molar refractivity (Wildman–Crippen MR) is 101 cm³/mol. The molecule has 0 aliphatic rings. The Bertz CT molecular complexity index is 576. The molecule has 0 heterocycles. The van der Waals surface area contributed by atoms with Crippen LogP contribution in [0, 0.1) is 0 Å². The maximum atomic E-state index is 11.9. The molecule has 0 atom stereocenters. The highest BCUT2D eigenvalue weighted by molar-refractivity contribution is 6.44. The summed E-state index contributed by atoms with van der Waals surface area (Å²) in [6.45, 7) is 2.23. The number of carbonyl (C=O) groups is 2. The maximum absolute atomic E-state index is 11.9. The van der Waals surface area contributed by atoms with Crippen molar-refractivity contribution >= 4 is 46.7 Å². The third-order valence-electron chi connectivity index (χ3n) is 3.53. The van der Waals surface area contributed by atoms with E-state index in [0.717, 1.165) is 38.5 Å². The van der Waals surface area contributed by atoms with Crippen molar-refractivity contribution in [2.45, 2.75) is 58.3 Å². The Morgan fingerprint density at radius 2 is 1.36 bits per heavy atom. The molecule has 0 saturated carbocycles. The van der Waals surface area contributed by atoms with Gasteiger partial charge in [0.15, 0.2) is 5.75 Å². The first-order valence-corrected chi connectivity index (χ1v) is 9.59. The summed E-state index contributed by atoms with van der Waals surface area (Å²) in [7, 11) is 0. The van der Waals surface area contributed by atoms with Crippen molar-refractivity contribution in [2.75, 3.05) is 6.61 Å². The van der Waals surface area contributed by atoms with E-state index in [9.17, 15) is 9.59 Å². The number of esters is 2. The van der Waals surface area contributed by atoms with Crippen LogP contribution >= 0.6 is 34.8 Å². The molecule has 0 radical (unpaired) electrons. The molecule has 0 bridgehead atoms. The van der Waals surface area contributed by atoms with Crippen LogP contribution in [-0.2, 0) is 14.3 Å². The summed E-state index contributed by atoms with van der Waals surface area (Å²) >= 11 is 17.8. The largest absolute Gasteiger partial charge is 0.466 e. The number of halogens is 3. The molecule has 1 aromatic carbocycles. The van der Waals surface area contributed by atoms with Gasteiger partial charge in [-0.25, -0.2) is 0 Å². The first kappa shape index (κ1) is 22.1. The van der Waals surface area contributed by atoms with Crippen molar-refractivity contribution in [3.63, 3.8) is 0 Å². The zero-order chi connectivity index (χ0) is 18.7. The molecule has 1 aromatic rings. The van der Waals surface area contributed by atoms with E-state index in [1.54, 1.807) is 13.0 Å². The van der Waals surface area contributed by atoms with Crippen molar-refractivity contribution in [3.8, 4) is 5.75 Å². The summed E-state index contributed by atoms with van der Waals surface area (Å²) in [6.07, 6.45) is 6.28. The molecule has 1 rings (SSSR count). The zero-order valence-corrected chi connectivity index (χ0v) is 16.6. The maximum Gasteiger partial charge on any atom is 0.311 e. The van der Waals surface area contributed by atoms with Gasteiger partial charge in [-0.05, 0) is 31.9 Å². The smallest absolute Gasteiger partial charge is 0.311 e. The monoisotopic (exact) mass is 408 g/mol. The normalized spacial score (nSPS) is 10.6. The fourth-order valence-electron chi connectivity index (χ4n) is 2.25. The van der Waals surface area contributed by atoms with Crippen LogP contribution < -0.4 is 4.74 Å². The van der Waals surface area contributed by atoms with Crippen LogP contribution in [0.2, 0.25) is 15.1 Å². The molecule has 0 unspecified atom stereocenters. The molecule has 0 aliphatic heterocycles. The molecular weight excluding hydrogens is 387 g/mol. The molecule has 4 nitrogen and oxygen atoms in total. The lowest BCUT2D eigenvalue weighted by Gasteiger charge is -2.09. The summed E-state index contributed by atoms with van der Waals surface area (Å²) in [5, 5.41) is 0.685. The number of ether oxygens (including phenoxy) is 2. The van der Waals surface area contributed by atoms with Crippen molar-refractivity contribution in [3.05, 3.63) is 27.2 Å². The molecule has 0 aromatic heterocycles. The van der Waals surface area contributed by atoms with Gasteiger partial charge in [0.2, 0.25) is 0 Å². The molecule has 7 heteroatoms.